The zero-order valence-corrected chi connectivity index (χ0v) is 11.0. The normalized spacial score (nSPS) is 11.9. The number of benzene rings is 2. The summed E-state index contributed by atoms with van der Waals surface area (Å²) in [4.78, 5) is 10.5. The van der Waals surface area contributed by atoms with Crippen LogP contribution in [0.5, 0.6) is 0 Å². The Morgan fingerprint density at radius 1 is 1.35 bits per heavy atom. The molecule has 2 N–H and O–H groups in total. The minimum absolute atomic E-state index is 0.0134. The number of aliphatic hydroxyl groups is 1. The average Bonchev–Trinajstić information content (AvgIpc) is 2.41. The van der Waals surface area contributed by atoms with Gasteiger partial charge < -0.3 is 10.4 Å². The molecule has 2 aromatic carbocycles. The van der Waals surface area contributed by atoms with E-state index < -0.39 is 4.92 Å². The van der Waals surface area contributed by atoms with Crippen LogP contribution >= 0.6 is 0 Å². The van der Waals surface area contributed by atoms with Crippen molar-refractivity contribution in [1.82, 2.24) is 0 Å². The van der Waals surface area contributed by atoms with E-state index in [9.17, 15) is 15.2 Å². The fraction of sp³-hybridized carbons (Fsp3) is 0.200. The number of nitrogens with zero attached hydrogens (tertiary/aromatic N) is 1. The summed E-state index contributed by atoms with van der Waals surface area (Å²) < 4.78 is 0. The van der Waals surface area contributed by atoms with Gasteiger partial charge in [0.1, 0.15) is 5.69 Å². The molecule has 0 aliphatic carbocycles. The lowest BCUT2D eigenvalue weighted by atomic mass is 10.1. The monoisotopic (exact) mass is 271 g/mol. The first-order valence-electron chi connectivity index (χ1n) is 6.25. The summed E-state index contributed by atoms with van der Waals surface area (Å²) in [6.07, 6.45) is 0.195. The molecule has 1 radical (unpaired) electrons. The zero-order chi connectivity index (χ0) is 14.5. The maximum Gasteiger partial charge on any atom is 0.293 e. The largest absolute Gasteiger partial charge is 0.393 e. The Balaban J connectivity index is 2.16. The number of hydrogen-bond acceptors (Lipinski definition) is 4. The van der Waals surface area contributed by atoms with E-state index in [1.165, 1.54) is 6.07 Å². The van der Waals surface area contributed by atoms with Crippen LogP contribution in [0.1, 0.15) is 12.5 Å². The molecule has 0 saturated heterocycles. The number of anilines is 2. The molecule has 1 atom stereocenters. The van der Waals surface area contributed by atoms with Crippen molar-refractivity contribution in [1.29, 1.82) is 0 Å². The SMILES string of the molecule is CC(O)Cc1ccc(Nc2cc[c]cc2[N+](=O)[O-])cc1. The van der Waals surface area contributed by atoms with Crippen LogP contribution < -0.4 is 5.32 Å². The lowest BCUT2D eigenvalue weighted by molar-refractivity contribution is -0.383. The van der Waals surface area contributed by atoms with Crippen LogP contribution in [0.25, 0.3) is 0 Å². The first kappa shape index (κ1) is 14.0. The molecule has 0 bridgehead atoms. The molecule has 0 heterocycles. The van der Waals surface area contributed by atoms with E-state index >= 15 is 0 Å². The van der Waals surface area contributed by atoms with Gasteiger partial charge >= 0.3 is 0 Å². The fourth-order valence-electron chi connectivity index (χ4n) is 1.90. The van der Waals surface area contributed by atoms with Gasteiger partial charge in [0.05, 0.1) is 11.0 Å². The van der Waals surface area contributed by atoms with Crippen molar-refractivity contribution in [2.45, 2.75) is 19.4 Å². The summed E-state index contributed by atoms with van der Waals surface area (Å²) in [5.41, 5.74) is 2.19. The number of aliphatic hydroxyl groups excluding tert-OH is 1. The van der Waals surface area contributed by atoms with Crippen LogP contribution in [0.2, 0.25) is 0 Å². The van der Waals surface area contributed by atoms with Gasteiger partial charge in [-0.05, 0) is 43.2 Å². The summed E-state index contributed by atoms with van der Waals surface area (Å²) in [6.45, 7) is 1.73. The Morgan fingerprint density at radius 3 is 2.65 bits per heavy atom. The van der Waals surface area contributed by atoms with Crippen molar-refractivity contribution in [3.8, 4) is 0 Å². The highest BCUT2D eigenvalue weighted by Gasteiger charge is 2.12. The molecule has 2 aromatic rings. The van der Waals surface area contributed by atoms with Gasteiger partial charge in [0.2, 0.25) is 0 Å². The van der Waals surface area contributed by atoms with Crippen molar-refractivity contribution in [3.05, 3.63) is 64.2 Å². The number of hydrogen-bond donors (Lipinski definition) is 2. The highest BCUT2D eigenvalue weighted by Crippen LogP contribution is 2.26. The summed E-state index contributed by atoms with van der Waals surface area (Å²) in [5, 5.41) is 23.2. The third-order valence-corrected chi connectivity index (χ3v) is 2.80. The second kappa shape index (κ2) is 6.16. The van der Waals surface area contributed by atoms with E-state index in [4.69, 9.17) is 0 Å². The summed E-state index contributed by atoms with van der Waals surface area (Å²) in [6, 6.07) is 14.7. The highest BCUT2D eigenvalue weighted by molar-refractivity contribution is 5.69. The van der Waals surface area contributed by atoms with Gasteiger partial charge in [-0.25, -0.2) is 0 Å². The molecule has 0 fully saturated rings. The smallest absolute Gasteiger partial charge is 0.293 e. The van der Waals surface area contributed by atoms with Gasteiger partial charge in [-0.2, -0.15) is 0 Å². The summed E-state index contributed by atoms with van der Waals surface area (Å²) in [5.74, 6) is 0. The summed E-state index contributed by atoms with van der Waals surface area (Å²) >= 11 is 0. The Morgan fingerprint density at radius 2 is 2.05 bits per heavy atom. The molecule has 1 unspecified atom stereocenters. The van der Waals surface area contributed by atoms with E-state index in [1.54, 1.807) is 19.1 Å². The molecule has 20 heavy (non-hydrogen) atoms. The number of nitrogens with one attached hydrogen (secondary N) is 1. The predicted octanol–water partition coefficient (Wildman–Crippen LogP) is 3.06. The summed E-state index contributed by atoms with van der Waals surface area (Å²) in [7, 11) is 0. The third kappa shape index (κ3) is 3.55. The Labute approximate surface area is 117 Å². The Hall–Kier alpha value is -2.40. The quantitative estimate of drug-likeness (QED) is 0.647. The molecule has 0 saturated carbocycles. The number of nitro groups is 1. The third-order valence-electron chi connectivity index (χ3n) is 2.80. The zero-order valence-electron chi connectivity index (χ0n) is 11.0. The van der Waals surface area contributed by atoms with Crippen molar-refractivity contribution >= 4 is 17.1 Å². The van der Waals surface area contributed by atoms with Crippen LogP contribution in [0, 0.1) is 16.2 Å². The predicted molar refractivity (Wildman–Crippen MR) is 77.0 cm³/mol. The van der Waals surface area contributed by atoms with E-state index in [0.717, 1.165) is 11.3 Å². The van der Waals surface area contributed by atoms with Crippen LogP contribution in [-0.4, -0.2) is 16.1 Å². The molecule has 5 nitrogen and oxygen atoms in total. The minimum atomic E-state index is -0.444. The molecular weight excluding hydrogens is 256 g/mol. The molecule has 0 aliphatic heterocycles. The standard InChI is InChI=1S/C15H15N2O3/c1-11(18)10-12-6-8-13(9-7-12)16-14-4-2-3-5-15(14)17(19)20/h2,4-9,11,16,18H,10H2,1H3. The molecule has 0 aromatic heterocycles. The fourth-order valence-corrected chi connectivity index (χ4v) is 1.90. The lowest BCUT2D eigenvalue weighted by Crippen LogP contribution is -2.04. The van der Waals surface area contributed by atoms with Gasteiger partial charge in [0.15, 0.2) is 0 Å². The van der Waals surface area contributed by atoms with E-state index in [0.29, 0.717) is 12.1 Å². The van der Waals surface area contributed by atoms with Crippen molar-refractivity contribution in [3.63, 3.8) is 0 Å². The van der Waals surface area contributed by atoms with Crippen LogP contribution in [0.3, 0.4) is 0 Å². The highest BCUT2D eigenvalue weighted by atomic mass is 16.6. The topological polar surface area (TPSA) is 75.4 Å². The lowest BCUT2D eigenvalue weighted by Gasteiger charge is -2.08. The number of rotatable bonds is 5. The van der Waals surface area contributed by atoms with Gasteiger partial charge in [-0.1, -0.05) is 18.2 Å². The molecule has 0 spiro atoms. The van der Waals surface area contributed by atoms with E-state index in [-0.39, 0.29) is 11.8 Å². The molecular formula is C15H15N2O3. The maximum absolute atomic E-state index is 10.9. The van der Waals surface area contributed by atoms with Gasteiger partial charge in [0, 0.05) is 11.8 Å². The molecule has 0 aliphatic rings. The molecule has 5 heteroatoms. The molecule has 2 rings (SSSR count). The van der Waals surface area contributed by atoms with Crippen molar-refractivity contribution in [2.75, 3.05) is 5.32 Å². The van der Waals surface area contributed by atoms with Crippen LogP contribution in [-0.2, 0) is 6.42 Å². The van der Waals surface area contributed by atoms with E-state index in [2.05, 4.69) is 11.4 Å². The Kier molecular flexibility index (Phi) is 4.32. The van der Waals surface area contributed by atoms with Crippen LogP contribution in [0.4, 0.5) is 17.1 Å². The second-order valence-electron chi connectivity index (χ2n) is 4.58. The Bertz CT molecular complexity index is 594. The van der Waals surface area contributed by atoms with E-state index in [1.807, 2.05) is 24.3 Å². The first-order valence-corrected chi connectivity index (χ1v) is 6.25. The molecule has 103 valence electrons. The first-order chi connectivity index (χ1) is 9.56. The minimum Gasteiger partial charge on any atom is -0.393 e. The average molecular weight is 271 g/mol. The van der Waals surface area contributed by atoms with Gasteiger partial charge in [0.25, 0.3) is 5.69 Å². The maximum atomic E-state index is 10.9. The molecule has 0 amide bonds. The van der Waals surface area contributed by atoms with Crippen molar-refractivity contribution < 1.29 is 10.0 Å². The van der Waals surface area contributed by atoms with Crippen LogP contribution in [0.15, 0.2) is 42.5 Å². The number of nitro benzene ring substituents is 1. The van der Waals surface area contributed by atoms with Gasteiger partial charge in [-0.3, -0.25) is 10.1 Å². The van der Waals surface area contributed by atoms with Crippen molar-refractivity contribution in [2.24, 2.45) is 0 Å². The van der Waals surface area contributed by atoms with Gasteiger partial charge in [-0.15, -0.1) is 0 Å². The second-order valence-corrected chi connectivity index (χ2v) is 4.58.